The first-order valence-corrected chi connectivity index (χ1v) is 10.3. The minimum Gasteiger partial charge on any atom is -0.454 e. The van der Waals surface area contributed by atoms with Gasteiger partial charge < -0.3 is 14.8 Å². The predicted octanol–water partition coefficient (Wildman–Crippen LogP) is 2.11. The number of carbonyl (C=O) groups excluding carboxylic acids is 1. The Bertz CT molecular complexity index is 972. The van der Waals surface area contributed by atoms with Gasteiger partial charge in [0.05, 0.1) is 11.9 Å². The Morgan fingerprint density at radius 3 is 2.59 bits per heavy atom. The number of nitrogens with one attached hydrogen (secondary N) is 1. The number of hydrogen-bond donors (Lipinski definition) is 1. The van der Waals surface area contributed by atoms with Crippen LogP contribution in [0.15, 0.2) is 36.4 Å². The predicted molar refractivity (Wildman–Crippen MR) is 103 cm³/mol. The van der Waals surface area contributed by atoms with Crippen LogP contribution in [0.5, 0.6) is 11.5 Å². The van der Waals surface area contributed by atoms with Crippen LogP contribution < -0.4 is 19.1 Å². The molecule has 1 heterocycles. The Balaban J connectivity index is 1.71. The largest absolute Gasteiger partial charge is 0.454 e. The van der Waals surface area contributed by atoms with Gasteiger partial charge in [-0.1, -0.05) is 18.2 Å². The van der Waals surface area contributed by atoms with Gasteiger partial charge in [0.15, 0.2) is 11.5 Å². The summed E-state index contributed by atoms with van der Waals surface area (Å²) in [5.41, 5.74) is 3.06. The van der Waals surface area contributed by atoms with Crippen molar-refractivity contribution in [3.8, 4) is 11.5 Å². The SMILES string of the molecule is Cc1ccc(C)c(N(CC(=O)NCc2ccc3c(c2)OCO3)S(C)(=O)=O)c1. The number of benzene rings is 2. The quantitative estimate of drug-likeness (QED) is 0.817. The molecule has 1 aliphatic heterocycles. The van der Waals surface area contributed by atoms with Gasteiger partial charge in [0.25, 0.3) is 0 Å². The average molecular weight is 390 g/mol. The fraction of sp³-hybridized carbons (Fsp3) is 0.316. The lowest BCUT2D eigenvalue weighted by atomic mass is 10.1. The van der Waals surface area contributed by atoms with Gasteiger partial charge in [0, 0.05) is 6.54 Å². The van der Waals surface area contributed by atoms with Gasteiger partial charge in [-0.25, -0.2) is 8.42 Å². The summed E-state index contributed by atoms with van der Waals surface area (Å²) in [7, 11) is -3.61. The molecule has 1 N–H and O–H groups in total. The number of aryl methyl sites for hydroxylation is 2. The molecule has 8 heteroatoms. The highest BCUT2D eigenvalue weighted by molar-refractivity contribution is 7.92. The summed E-state index contributed by atoms with van der Waals surface area (Å²) in [6.45, 7) is 3.86. The van der Waals surface area contributed by atoms with Crippen LogP contribution >= 0.6 is 0 Å². The van der Waals surface area contributed by atoms with Crippen LogP contribution in [0.3, 0.4) is 0 Å². The van der Waals surface area contributed by atoms with Gasteiger partial charge in [-0.05, 0) is 48.7 Å². The van der Waals surface area contributed by atoms with Crippen LogP contribution in [-0.4, -0.2) is 33.9 Å². The standard InChI is InChI=1S/C19H22N2O5S/c1-13-4-5-14(2)16(8-13)21(27(3,23)24)11-19(22)20-10-15-6-7-17-18(9-15)26-12-25-17/h4-9H,10-12H2,1-3H3,(H,20,22). The van der Waals surface area contributed by atoms with E-state index in [0.717, 1.165) is 27.3 Å². The van der Waals surface area contributed by atoms with Gasteiger partial charge in [-0.15, -0.1) is 0 Å². The molecule has 1 aliphatic rings. The lowest BCUT2D eigenvalue weighted by molar-refractivity contribution is -0.119. The zero-order chi connectivity index (χ0) is 19.6. The maximum atomic E-state index is 12.4. The molecule has 0 fully saturated rings. The van der Waals surface area contributed by atoms with Crippen molar-refractivity contribution in [2.75, 3.05) is 23.9 Å². The van der Waals surface area contributed by atoms with Crippen LogP contribution in [0.25, 0.3) is 0 Å². The third-order valence-corrected chi connectivity index (χ3v) is 5.37. The fourth-order valence-electron chi connectivity index (χ4n) is 2.81. The first-order chi connectivity index (χ1) is 12.7. The Morgan fingerprint density at radius 1 is 1.11 bits per heavy atom. The van der Waals surface area contributed by atoms with Crippen molar-refractivity contribution < 1.29 is 22.7 Å². The van der Waals surface area contributed by atoms with E-state index in [0.29, 0.717) is 17.2 Å². The molecular weight excluding hydrogens is 368 g/mol. The van der Waals surface area contributed by atoms with Crippen LogP contribution in [-0.2, 0) is 21.4 Å². The number of rotatable bonds is 6. The van der Waals surface area contributed by atoms with Gasteiger partial charge in [-0.2, -0.15) is 0 Å². The first-order valence-electron chi connectivity index (χ1n) is 8.44. The highest BCUT2D eigenvalue weighted by Crippen LogP contribution is 2.32. The molecule has 0 aromatic heterocycles. The molecule has 27 heavy (non-hydrogen) atoms. The van der Waals surface area contributed by atoms with Crippen molar-refractivity contribution in [1.29, 1.82) is 0 Å². The Morgan fingerprint density at radius 2 is 1.85 bits per heavy atom. The van der Waals surface area contributed by atoms with Crippen molar-refractivity contribution in [2.24, 2.45) is 0 Å². The van der Waals surface area contributed by atoms with E-state index in [1.54, 1.807) is 18.2 Å². The van der Waals surface area contributed by atoms with Gasteiger partial charge in [-0.3, -0.25) is 9.10 Å². The van der Waals surface area contributed by atoms with Gasteiger partial charge >= 0.3 is 0 Å². The smallest absolute Gasteiger partial charge is 0.241 e. The molecule has 2 aromatic rings. The summed E-state index contributed by atoms with van der Waals surface area (Å²) >= 11 is 0. The van der Waals surface area contributed by atoms with Crippen LogP contribution in [0.4, 0.5) is 5.69 Å². The maximum absolute atomic E-state index is 12.4. The summed E-state index contributed by atoms with van der Waals surface area (Å²) < 4.78 is 36.2. The highest BCUT2D eigenvalue weighted by Gasteiger charge is 2.22. The molecule has 0 atom stereocenters. The lowest BCUT2D eigenvalue weighted by Gasteiger charge is -2.24. The molecule has 144 valence electrons. The van der Waals surface area contributed by atoms with Crippen LogP contribution in [0.1, 0.15) is 16.7 Å². The Kier molecular flexibility index (Phi) is 5.27. The summed E-state index contributed by atoms with van der Waals surface area (Å²) in [5.74, 6) is 0.914. The van der Waals surface area contributed by atoms with Gasteiger partial charge in [0.1, 0.15) is 6.54 Å². The number of anilines is 1. The molecule has 0 bridgehead atoms. The van der Waals surface area contributed by atoms with Crippen molar-refractivity contribution in [1.82, 2.24) is 5.32 Å². The van der Waals surface area contributed by atoms with E-state index in [4.69, 9.17) is 9.47 Å². The maximum Gasteiger partial charge on any atom is 0.241 e. The average Bonchev–Trinajstić information content (AvgIpc) is 3.07. The van der Waals surface area contributed by atoms with Crippen LogP contribution in [0, 0.1) is 13.8 Å². The molecule has 0 saturated carbocycles. The van der Waals surface area contributed by atoms with E-state index >= 15 is 0 Å². The molecule has 1 amide bonds. The highest BCUT2D eigenvalue weighted by atomic mass is 32.2. The van der Waals surface area contributed by atoms with Gasteiger partial charge in [0.2, 0.25) is 22.7 Å². The number of hydrogen-bond acceptors (Lipinski definition) is 5. The Labute approximate surface area is 158 Å². The molecule has 0 radical (unpaired) electrons. The second-order valence-corrected chi connectivity index (χ2v) is 8.43. The first kappa shape index (κ1) is 19.0. The molecule has 0 unspecified atom stereocenters. The van der Waals surface area contributed by atoms with E-state index in [1.165, 1.54) is 0 Å². The molecule has 7 nitrogen and oxygen atoms in total. The van der Waals surface area contributed by atoms with E-state index < -0.39 is 10.0 Å². The summed E-state index contributed by atoms with van der Waals surface area (Å²) in [5, 5.41) is 2.76. The summed E-state index contributed by atoms with van der Waals surface area (Å²) in [6.07, 6.45) is 1.10. The van der Waals surface area contributed by atoms with E-state index in [2.05, 4.69) is 5.32 Å². The molecular formula is C19H22N2O5S. The number of ether oxygens (including phenoxy) is 2. The number of amides is 1. The van der Waals surface area contributed by atoms with E-state index in [9.17, 15) is 13.2 Å². The third-order valence-electron chi connectivity index (χ3n) is 4.25. The topological polar surface area (TPSA) is 84.9 Å². The zero-order valence-corrected chi connectivity index (χ0v) is 16.3. The number of fused-ring (bicyclic) bond motifs is 1. The normalized spacial score (nSPS) is 12.7. The molecule has 0 spiro atoms. The van der Waals surface area contributed by atoms with Crippen molar-refractivity contribution in [3.05, 3.63) is 53.1 Å². The number of sulfonamides is 1. The molecule has 2 aromatic carbocycles. The van der Waals surface area contributed by atoms with Crippen molar-refractivity contribution >= 4 is 21.6 Å². The lowest BCUT2D eigenvalue weighted by Crippen LogP contribution is -2.40. The Hall–Kier alpha value is -2.74. The third kappa shape index (κ3) is 4.51. The molecule has 3 rings (SSSR count). The number of nitrogens with zero attached hydrogens (tertiary/aromatic N) is 1. The van der Waals surface area contributed by atoms with E-state index in [-0.39, 0.29) is 25.8 Å². The monoisotopic (exact) mass is 390 g/mol. The van der Waals surface area contributed by atoms with E-state index in [1.807, 2.05) is 32.0 Å². The van der Waals surface area contributed by atoms with Crippen molar-refractivity contribution in [3.63, 3.8) is 0 Å². The summed E-state index contributed by atoms with van der Waals surface area (Å²) in [6, 6.07) is 10.9. The molecule has 0 aliphatic carbocycles. The minimum atomic E-state index is -3.61. The summed E-state index contributed by atoms with van der Waals surface area (Å²) in [4.78, 5) is 12.4. The second-order valence-electron chi connectivity index (χ2n) is 6.52. The fourth-order valence-corrected chi connectivity index (χ4v) is 3.71. The minimum absolute atomic E-state index is 0.185. The number of carbonyl (C=O) groups is 1. The van der Waals surface area contributed by atoms with Crippen molar-refractivity contribution in [2.45, 2.75) is 20.4 Å². The molecule has 0 saturated heterocycles. The second kappa shape index (κ2) is 7.48. The van der Waals surface area contributed by atoms with Crippen LogP contribution in [0.2, 0.25) is 0 Å². The zero-order valence-electron chi connectivity index (χ0n) is 15.5.